The lowest BCUT2D eigenvalue weighted by atomic mass is 10.0. The molecule has 1 aromatic carbocycles. The maximum atomic E-state index is 10.7. The third kappa shape index (κ3) is 1.93. The topological polar surface area (TPSA) is 83.6 Å². The third-order valence-corrected chi connectivity index (χ3v) is 3.07. The zero-order valence-corrected chi connectivity index (χ0v) is 10.4. The van der Waals surface area contributed by atoms with E-state index in [1.165, 1.54) is 6.07 Å². The van der Waals surface area contributed by atoms with Crippen LogP contribution in [-0.2, 0) is 0 Å². The summed E-state index contributed by atoms with van der Waals surface area (Å²) in [6, 6.07) is 3.03. The van der Waals surface area contributed by atoms with Crippen LogP contribution in [0.15, 0.2) is 16.7 Å². The molecule has 0 aliphatic heterocycles. The van der Waals surface area contributed by atoms with Gasteiger partial charge in [0.1, 0.15) is 11.4 Å². The molecule has 0 aliphatic rings. The lowest BCUT2D eigenvalue weighted by Gasteiger charge is -2.09. The van der Waals surface area contributed by atoms with E-state index in [2.05, 4.69) is 9.68 Å². The second-order valence-corrected chi connectivity index (χ2v) is 4.31. The van der Waals surface area contributed by atoms with E-state index in [0.717, 1.165) is 11.1 Å². The van der Waals surface area contributed by atoms with Crippen LogP contribution in [0.5, 0.6) is 5.75 Å². The summed E-state index contributed by atoms with van der Waals surface area (Å²) < 4.78 is 4.66. The fourth-order valence-corrected chi connectivity index (χ4v) is 1.91. The molecule has 2 rings (SSSR count). The van der Waals surface area contributed by atoms with Crippen LogP contribution in [0.3, 0.4) is 0 Å². The molecular formula is C12H10ClNO4. The first-order chi connectivity index (χ1) is 8.41. The number of hydrogen-bond acceptors (Lipinski definition) is 4. The number of rotatable bonds is 2. The zero-order chi connectivity index (χ0) is 13.4. The van der Waals surface area contributed by atoms with Crippen molar-refractivity contribution in [1.29, 1.82) is 0 Å². The Bertz CT molecular complexity index is 633. The van der Waals surface area contributed by atoms with Crippen molar-refractivity contribution in [2.75, 3.05) is 0 Å². The van der Waals surface area contributed by atoms with Gasteiger partial charge >= 0.3 is 5.97 Å². The Kier molecular flexibility index (Phi) is 3.00. The predicted molar refractivity (Wildman–Crippen MR) is 65.0 cm³/mol. The van der Waals surface area contributed by atoms with E-state index in [9.17, 15) is 9.90 Å². The number of nitrogens with zero attached hydrogens (tertiary/aromatic N) is 1. The average molecular weight is 268 g/mol. The first-order valence-electron chi connectivity index (χ1n) is 5.11. The van der Waals surface area contributed by atoms with Gasteiger partial charge in [-0.1, -0.05) is 22.8 Å². The quantitative estimate of drug-likeness (QED) is 0.874. The number of aryl methyl sites for hydroxylation is 2. The number of phenols is 1. The van der Waals surface area contributed by atoms with Gasteiger partial charge in [0.25, 0.3) is 0 Å². The van der Waals surface area contributed by atoms with Gasteiger partial charge in [0.05, 0.1) is 10.6 Å². The molecule has 0 radical (unpaired) electrons. The number of carbonyl (C=O) groups is 1. The minimum atomic E-state index is -1.22. The fourth-order valence-electron chi connectivity index (χ4n) is 1.76. The van der Waals surface area contributed by atoms with E-state index < -0.39 is 5.97 Å². The summed E-state index contributed by atoms with van der Waals surface area (Å²) in [7, 11) is 0. The fraction of sp³-hybridized carbons (Fsp3) is 0.167. The second kappa shape index (κ2) is 4.34. The van der Waals surface area contributed by atoms with E-state index in [4.69, 9.17) is 16.7 Å². The lowest BCUT2D eigenvalue weighted by Crippen LogP contribution is -1.92. The standard InChI is InChI=1S/C12H10ClNO4/c1-5-3-6(2)10(13)11(15)9(5)7-4-8(12(16)17)18-14-7/h3-4,15H,1-2H3,(H,16,17). The summed E-state index contributed by atoms with van der Waals surface area (Å²) in [5, 5.41) is 22.6. The molecule has 0 saturated heterocycles. The number of carboxylic acid groups (broad SMARTS) is 1. The van der Waals surface area contributed by atoms with Gasteiger partial charge in [0, 0.05) is 6.07 Å². The van der Waals surface area contributed by atoms with E-state index in [0.29, 0.717) is 5.56 Å². The third-order valence-electron chi connectivity index (χ3n) is 2.60. The van der Waals surface area contributed by atoms with Crippen LogP contribution >= 0.6 is 11.6 Å². The van der Waals surface area contributed by atoms with Crippen LogP contribution in [0.2, 0.25) is 5.02 Å². The Labute approximate surface area is 108 Å². The van der Waals surface area contributed by atoms with Crippen LogP contribution < -0.4 is 0 Å². The highest BCUT2D eigenvalue weighted by Gasteiger charge is 2.19. The molecule has 0 aliphatic carbocycles. The Morgan fingerprint density at radius 1 is 1.33 bits per heavy atom. The number of benzene rings is 1. The average Bonchev–Trinajstić information content (AvgIpc) is 2.75. The van der Waals surface area contributed by atoms with Gasteiger partial charge in [0.15, 0.2) is 0 Å². The minimum Gasteiger partial charge on any atom is -0.506 e. The summed E-state index contributed by atoms with van der Waals surface area (Å²) in [5.74, 6) is -1.64. The first-order valence-corrected chi connectivity index (χ1v) is 5.48. The number of aromatic hydroxyl groups is 1. The van der Waals surface area contributed by atoms with Crippen molar-refractivity contribution in [3.8, 4) is 17.0 Å². The molecule has 1 heterocycles. The summed E-state index contributed by atoms with van der Waals surface area (Å²) >= 11 is 5.95. The lowest BCUT2D eigenvalue weighted by molar-refractivity contribution is 0.0652. The minimum absolute atomic E-state index is 0.126. The zero-order valence-electron chi connectivity index (χ0n) is 9.69. The maximum absolute atomic E-state index is 10.7. The monoisotopic (exact) mass is 267 g/mol. The summed E-state index contributed by atoms with van der Waals surface area (Å²) in [6.07, 6.45) is 0. The molecule has 0 unspecified atom stereocenters. The van der Waals surface area contributed by atoms with Gasteiger partial charge in [0.2, 0.25) is 5.76 Å². The summed E-state index contributed by atoms with van der Waals surface area (Å²) in [5.41, 5.74) is 2.09. The summed E-state index contributed by atoms with van der Waals surface area (Å²) in [4.78, 5) is 10.7. The van der Waals surface area contributed by atoms with Gasteiger partial charge in [-0.15, -0.1) is 0 Å². The van der Waals surface area contributed by atoms with Crippen LogP contribution in [0, 0.1) is 13.8 Å². The van der Waals surface area contributed by atoms with E-state index in [1.54, 1.807) is 19.9 Å². The van der Waals surface area contributed by atoms with Gasteiger partial charge in [-0.3, -0.25) is 0 Å². The first kappa shape index (κ1) is 12.4. The molecule has 18 heavy (non-hydrogen) atoms. The number of halogens is 1. The van der Waals surface area contributed by atoms with Crippen molar-refractivity contribution in [3.05, 3.63) is 34.0 Å². The highest BCUT2D eigenvalue weighted by molar-refractivity contribution is 6.33. The van der Waals surface area contributed by atoms with E-state index in [1.807, 2.05) is 0 Å². The van der Waals surface area contributed by atoms with Crippen molar-refractivity contribution in [2.24, 2.45) is 0 Å². The Morgan fingerprint density at radius 2 is 2.00 bits per heavy atom. The molecule has 0 fully saturated rings. The summed E-state index contributed by atoms with van der Waals surface area (Å²) in [6.45, 7) is 3.54. The van der Waals surface area contributed by atoms with Crippen molar-refractivity contribution in [3.63, 3.8) is 0 Å². The SMILES string of the molecule is Cc1cc(C)c(-c2cc(C(=O)O)on2)c(O)c1Cl. The Morgan fingerprint density at radius 3 is 2.56 bits per heavy atom. The number of aromatic nitrogens is 1. The largest absolute Gasteiger partial charge is 0.506 e. The highest BCUT2D eigenvalue weighted by atomic mass is 35.5. The molecule has 2 N–H and O–H groups in total. The molecule has 0 saturated carbocycles. The molecule has 1 aromatic heterocycles. The second-order valence-electron chi connectivity index (χ2n) is 3.93. The van der Waals surface area contributed by atoms with Crippen LogP contribution in [-0.4, -0.2) is 21.3 Å². The smallest absolute Gasteiger partial charge is 0.374 e. The normalized spacial score (nSPS) is 10.6. The van der Waals surface area contributed by atoms with E-state index >= 15 is 0 Å². The van der Waals surface area contributed by atoms with Crippen molar-refractivity contribution < 1.29 is 19.5 Å². The van der Waals surface area contributed by atoms with Crippen LogP contribution in [0.1, 0.15) is 21.7 Å². The molecule has 0 bridgehead atoms. The van der Waals surface area contributed by atoms with Gasteiger partial charge in [-0.2, -0.15) is 0 Å². The number of phenolic OH excluding ortho intramolecular Hbond substituents is 1. The molecule has 6 heteroatoms. The molecule has 0 spiro atoms. The molecular weight excluding hydrogens is 258 g/mol. The van der Waals surface area contributed by atoms with E-state index in [-0.39, 0.29) is 22.2 Å². The number of hydrogen-bond donors (Lipinski definition) is 2. The number of aromatic carboxylic acids is 1. The van der Waals surface area contributed by atoms with Crippen molar-refractivity contribution >= 4 is 17.6 Å². The molecule has 5 nitrogen and oxygen atoms in total. The Hall–Kier alpha value is -2.01. The molecule has 0 amide bonds. The molecule has 94 valence electrons. The van der Waals surface area contributed by atoms with Gasteiger partial charge in [-0.25, -0.2) is 4.79 Å². The van der Waals surface area contributed by atoms with Gasteiger partial charge in [-0.05, 0) is 25.0 Å². The van der Waals surface area contributed by atoms with Crippen molar-refractivity contribution in [1.82, 2.24) is 5.16 Å². The number of carboxylic acids is 1. The van der Waals surface area contributed by atoms with Crippen LogP contribution in [0.25, 0.3) is 11.3 Å². The maximum Gasteiger partial charge on any atom is 0.374 e. The molecule has 0 atom stereocenters. The van der Waals surface area contributed by atoms with Gasteiger partial charge < -0.3 is 14.7 Å². The Balaban J connectivity index is 2.63. The van der Waals surface area contributed by atoms with Crippen LogP contribution in [0.4, 0.5) is 0 Å². The van der Waals surface area contributed by atoms with Crippen molar-refractivity contribution in [2.45, 2.75) is 13.8 Å². The molecule has 2 aromatic rings. The predicted octanol–water partition coefficient (Wildman–Crippen LogP) is 3.02. The highest BCUT2D eigenvalue weighted by Crippen LogP contribution is 2.39.